The molecule has 0 amide bonds. The van der Waals surface area contributed by atoms with E-state index in [0.29, 0.717) is 39.5 Å². The summed E-state index contributed by atoms with van der Waals surface area (Å²) in [6.45, 7) is 0. The Hall–Kier alpha value is -5.97. The summed E-state index contributed by atoms with van der Waals surface area (Å²) in [5, 5.41) is 35.4. The minimum atomic E-state index is 0.484. The third kappa shape index (κ3) is 3.80. The van der Waals surface area contributed by atoms with E-state index in [0.717, 1.165) is 27.5 Å². The maximum Gasteiger partial charge on any atom is 0.164 e. The van der Waals surface area contributed by atoms with Crippen LogP contribution in [0.15, 0.2) is 91.0 Å². The molecule has 0 aliphatic rings. The first-order valence-corrected chi connectivity index (χ1v) is 12.4. The Bertz CT molecular complexity index is 2150. The summed E-state index contributed by atoms with van der Waals surface area (Å²) < 4.78 is 0. The molecule has 5 aromatic carbocycles. The Balaban J connectivity index is 1.33. The van der Waals surface area contributed by atoms with Crippen molar-refractivity contribution in [2.24, 2.45) is 0 Å². The van der Waals surface area contributed by atoms with Gasteiger partial charge in [-0.2, -0.15) is 0 Å². The second-order valence-corrected chi connectivity index (χ2v) is 9.23. The molecular weight excluding hydrogens is 502 g/mol. The number of rotatable bonds is 3. The summed E-state index contributed by atoms with van der Waals surface area (Å²) in [5.74, 6) is 1.50. The van der Waals surface area contributed by atoms with Crippen LogP contribution in [0, 0.1) is 0 Å². The molecule has 11 nitrogen and oxygen atoms in total. The highest BCUT2D eigenvalue weighted by atomic mass is 15.4. The van der Waals surface area contributed by atoms with Crippen LogP contribution >= 0.6 is 0 Å². The highest BCUT2D eigenvalue weighted by molar-refractivity contribution is 5.99. The number of aromatic nitrogens is 11. The summed E-state index contributed by atoms with van der Waals surface area (Å²) in [5.41, 5.74) is 4.80. The molecule has 0 aliphatic heterocycles. The number of hydrogen-bond donors (Lipinski definition) is 0. The van der Waals surface area contributed by atoms with Crippen molar-refractivity contribution in [1.82, 2.24) is 56.2 Å². The first-order chi connectivity index (χ1) is 19.8. The fourth-order valence-electron chi connectivity index (χ4n) is 4.77. The lowest BCUT2D eigenvalue weighted by Crippen LogP contribution is -2.01. The van der Waals surface area contributed by atoms with Gasteiger partial charge < -0.3 is 0 Å². The second-order valence-electron chi connectivity index (χ2n) is 9.23. The van der Waals surface area contributed by atoms with Gasteiger partial charge in [0.15, 0.2) is 17.5 Å². The smallest absolute Gasteiger partial charge is 0.164 e. The third-order valence-corrected chi connectivity index (χ3v) is 6.76. The molecule has 3 aromatic heterocycles. The molecule has 8 aromatic rings. The average molecular weight is 518 g/mol. The predicted molar refractivity (Wildman–Crippen MR) is 149 cm³/mol. The van der Waals surface area contributed by atoms with Gasteiger partial charge >= 0.3 is 0 Å². The molecule has 0 radical (unpaired) electrons. The molecule has 0 atom stereocenters. The largest absolute Gasteiger partial charge is 0.208 e. The quantitative estimate of drug-likeness (QED) is 0.302. The number of benzene rings is 5. The van der Waals surface area contributed by atoms with Crippen LogP contribution in [0.4, 0.5) is 0 Å². The van der Waals surface area contributed by atoms with Crippen molar-refractivity contribution in [3.63, 3.8) is 0 Å². The Kier molecular flexibility index (Phi) is 4.86. The van der Waals surface area contributed by atoms with Crippen LogP contribution in [0.3, 0.4) is 0 Å². The second kappa shape index (κ2) is 8.81. The van der Waals surface area contributed by atoms with Gasteiger partial charge in [-0.05, 0) is 97.0 Å². The van der Waals surface area contributed by atoms with Crippen LogP contribution in [-0.2, 0) is 0 Å². The van der Waals surface area contributed by atoms with E-state index in [2.05, 4.69) is 77.6 Å². The van der Waals surface area contributed by atoms with Crippen molar-refractivity contribution in [3.8, 4) is 34.2 Å². The lowest BCUT2D eigenvalue weighted by Gasteiger charge is -2.10. The number of nitrogens with zero attached hydrogens (tertiary/aromatic N) is 11. The molecule has 3 heterocycles. The highest BCUT2D eigenvalue weighted by Gasteiger charge is 2.15. The van der Waals surface area contributed by atoms with E-state index in [9.17, 15) is 0 Å². The summed E-state index contributed by atoms with van der Waals surface area (Å²) in [6.07, 6.45) is 0. The van der Waals surface area contributed by atoms with E-state index in [4.69, 9.17) is 15.0 Å². The standard InChI is InChI=1S/C29H15N11/c1-2-4-17-12-22-13-19(6-5-18(22)11-16(17)3-1)27-30-28(20-7-9-23-25(14-20)35-39-37-33-23)32-29(31-27)21-8-10-24-26(15-21)36-40-38-34-24/h1-15H. The summed E-state index contributed by atoms with van der Waals surface area (Å²) in [6, 6.07) is 30.0. The van der Waals surface area contributed by atoms with Crippen LogP contribution < -0.4 is 0 Å². The Morgan fingerprint density at radius 2 is 0.750 bits per heavy atom. The zero-order valence-corrected chi connectivity index (χ0v) is 20.6. The van der Waals surface area contributed by atoms with Crippen molar-refractivity contribution in [2.75, 3.05) is 0 Å². The molecule has 8 rings (SSSR count). The summed E-state index contributed by atoms with van der Waals surface area (Å²) in [4.78, 5) is 14.6. The van der Waals surface area contributed by atoms with Gasteiger partial charge in [0.25, 0.3) is 0 Å². The molecule has 0 saturated heterocycles. The first kappa shape index (κ1) is 22.1. The van der Waals surface area contributed by atoms with E-state index >= 15 is 0 Å². The first-order valence-electron chi connectivity index (χ1n) is 12.4. The van der Waals surface area contributed by atoms with Crippen molar-refractivity contribution >= 4 is 43.6 Å². The molecule has 0 aliphatic carbocycles. The lowest BCUT2D eigenvalue weighted by atomic mass is 10.0. The van der Waals surface area contributed by atoms with E-state index in [1.807, 2.05) is 54.6 Å². The van der Waals surface area contributed by atoms with Crippen molar-refractivity contribution in [3.05, 3.63) is 91.0 Å². The minimum Gasteiger partial charge on any atom is -0.208 e. The molecule has 186 valence electrons. The molecule has 0 N–H and O–H groups in total. The van der Waals surface area contributed by atoms with Crippen LogP contribution in [0.1, 0.15) is 0 Å². The van der Waals surface area contributed by atoms with Crippen LogP contribution in [-0.4, -0.2) is 56.2 Å². The summed E-state index contributed by atoms with van der Waals surface area (Å²) >= 11 is 0. The highest BCUT2D eigenvalue weighted by Crippen LogP contribution is 2.30. The Morgan fingerprint density at radius 3 is 1.30 bits per heavy atom. The predicted octanol–water partition coefficient (Wildman–Crippen LogP) is 4.65. The zero-order valence-electron chi connectivity index (χ0n) is 20.6. The average Bonchev–Trinajstić information content (AvgIpc) is 3.02. The van der Waals surface area contributed by atoms with Gasteiger partial charge in [-0.1, -0.05) is 36.4 Å². The Labute approximate surface area is 225 Å². The fraction of sp³-hybridized carbons (Fsp3) is 0. The normalized spacial score (nSPS) is 11.5. The van der Waals surface area contributed by atoms with Crippen molar-refractivity contribution in [1.29, 1.82) is 0 Å². The lowest BCUT2D eigenvalue weighted by molar-refractivity contribution is 0.797. The maximum atomic E-state index is 4.88. The minimum absolute atomic E-state index is 0.484. The molecular formula is C29H15N11. The molecule has 11 heteroatoms. The van der Waals surface area contributed by atoms with E-state index in [-0.39, 0.29) is 0 Å². The molecule has 0 spiro atoms. The van der Waals surface area contributed by atoms with Gasteiger partial charge in [-0.15, -0.1) is 20.4 Å². The number of fused-ring (bicyclic) bond motifs is 4. The molecule has 0 bridgehead atoms. The SMILES string of the molecule is c1ccc2cc3cc(-c4nc(-c5ccc6nnnnc6c5)nc(-c5ccc6nnnnc6c5)n4)ccc3cc2c1. The van der Waals surface area contributed by atoms with Crippen LogP contribution in [0.2, 0.25) is 0 Å². The van der Waals surface area contributed by atoms with E-state index in [1.54, 1.807) is 0 Å². The molecule has 0 fully saturated rings. The van der Waals surface area contributed by atoms with E-state index in [1.165, 1.54) is 10.8 Å². The van der Waals surface area contributed by atoms with Gasteiger partial charge in [0.2, 0.25) is 0 Å². The maximum absolute atomic E-state index is 4.88. The topological polar surface area (TPSA) is 142 Å². The van der Waals surface area contributed by atoms with Crippen LogP contribution in [0.5, 0.6) is 0 Å². The molecule has 0 unspecified atom stereocenters. The molecule has 40 heavy (non-hydrogen) atoms. The van der Waals surface area contributed by atoms with Crippen molar-refractivity contribution in [2.45, 2.75) is 0 Å². The zero-order chi connectivity index (χ0) is 26.5. The monoisotopic (exact) mass is 517 g/mol. The van der Waals surface area contributed by atoms with Gasteiger partial charge in [-0.25, -0.2) is 15.0 Å². The Morgan fingerprint density at radius 1 is 0.325 bits per heavy atom. The third-order valence-electron chi connectivity index (χ3n) is 6.76. The number of hydrogen-bond acceptors (Lipinski definition) is 11. The van der Waals surface area contributed by atoms with Gasteiger partial charge in [-0.3, -0.25) is 0 Å². The van der Waals surface area contributed by atoms with Gasteiger partial charge in [0.1, 0.15) is 22.1 Å². The summed E-state index contributed by atoms with van der Waals surface area (Å²) in [7, 11) is 0. The molecule has 0 saturated carbocycles. The van der Waals surface area contributed by atoms with E-state index < -0.39 is 0 Å². The van der Waals surface area contributed by atoms with Gasteiger partial charge in [0, 0.05) is 16.7 Å². The van der Waals surface area contributed by atoms with Crippen molar-refractivity contribution < 1.29 is 0 Å². The van der Waals surface area contributed by atoms with Crippen LogP contribution in [0.25, 0.3) is 77.8 Å². The fourth-order valence-corrected chi connectivity index (χ4v) is 4.77. The van der Waals surface area contributed by atoms with Gasteiger partial charge in [0.05, 0.1) is 0 Å².